The van der Waals surface area contributed by atoms with E-state index in [0.717, 1.165) is 42.5 Å². The summed E-state index contributed by atoms with van der Waals surface area (Å²) in [5.74, 6) is -4.63. The van der Waals surface area contributed by atoms with Crippen molar-refractivity contribution in [3.05, 3.63) is 101 Å². The highest BCUT2D eigenvalue weighted by atomic mass is 32.2. The van der Waals surface area contributed by atoms with Crippen LogP contribution in [-0.2, 0) is 36.3 Å². The average Bonchev–Trinajstić information content (AvgIpc) is 3.41. The third-order valence-electron chi connectivity index (χ3n) is 7.79. The zero-order chi connectivity index (χ0) is 33.6. The van der Waals surface area contributed by atoms with E-state index in [0.29, 0.717) is 24.3 Å². The van der Waals surface area contributed by atoms with Gasteiger partial charge >= 0.3 is 12.4 Å². The third-order valence-corrected chi connectivity index (χ3v) is 10.3. The Hall–Kier alpha value is -3.59. The van der Waals surface area contributed by atoms with Crippen LogP contribution in [0.4, 0.5) is 39.5 Å². The molecule has 0 spiro atoms. The normalized spacial score (nSPS) is 18.1. The van der Waals surface area contributed by atoms with Crippen LogP contribution in [-0.4, -0.2) is 44.7 Å². The summed E-state index contributed by atoms with van der Waals surface area (Å²) in [6.45, 7) is 0.773. The second kappa shape index (κ2) is 12.0. The van der Waals surface area contributed by atoms with Crippen molar-refractivity contribution >= 4 is 15.7 Å². The van der Waals surface area contributed by atoms with Crippen LogP contribution in [0, 0.1) is 23.4 Å². The van der Waals surface area contributed by atoms with Crippen LogP contribution in [0.15, 0.2) is 71.6 Å². The highest BCUT2D eigenvalue weighted by Crippen LogP contribution is 2.54. The molecule has 1 heterocycles. The molecule has 1 unspecified atom stereocenters. The van der Waals surface area contributed by atoms with Crippen molar-refractivity contribution in [3.63, 3.8) is 0 Å². The summed E-state index contributed by atoms with van der Waals surface area (Å²) in [5, 5.41) is 0. The number of rotatable bonds is 8. The van der Waals surface area contributed by atoms with Gasteiger partial charge in [-0.1, -0.05) is 44.2 Å². The Balaban J connectivity index is 1.86. The van der Waals surface area contributed by atoms with Crippen LogP contribution in [0.3, 0.4) is 0 Å². The number of carbonyl (C=O) groups is 1. The molecule has 0 radical (unpaired) electrons. The maximum absolute atomic E-state index is 14.4. The third kappa shape index (κ3) is 5.91. The van der Waals surface area contributed by atoms with E-state index < -0.39 is 86.1 Å². The lowest BCUT2D eigenvalue weighted by Crippen LogP contribution is -2.56. The van der Waals surface area contributed by atoms with Gasteiger partial charge in [0.25, 0.3) is 5.60 Å². The van der Waals surface area contributed by atoms with Crippen molar-refractivity contribution in [2.24, 2.45) is 5.92 Å². The number of alkyl halides is 6. The van der Waals surface area contributed by atoms with Gasteiger partial charge in [0, 0.05) is 30.1 Å². The molecule has 1 aliphatic heterocycles. The van der Waals surface area contributed by atoms with E-state index in [-0.39, 0.29) is 23.4 Å². The Kier molecular flexibility index (Phi) is 9.12. The maximum Gasteiger partial charge on any atom is 0.430 e. The van der Waals surface area contributed by atoms with Gasteiger partial charge in [0.05, 0.1) is 11.5 Å². The van der Waals surface area contributed by atoms with Crippen LogP contribution < -0.4 is 0 Å². The largest absolute Gasteiger partial charge is 0.430 e. The topological polar surface area (TPSA) is 63.7 Å². The summed E-state index contributed by atoms with van der Waals surface area (Å²) in [6.07, 6.45) is -12.7. The molecular weight excluding hydrogens is 641 g/mol. The van der Waals surface area contributed by atoms with E-state index in [4.69, 9.17) is 0 Å². The van der Waals surface area contributed by atoms with Crippen molar-refractivity contribution in [2.75, 3.05) is 13.1 Å². The average molecular weight is 668 g/mol. The van der Waals surface area contributed by atoms with Crippen LogP contribution in [0.25, 0.3) is 0 Å². The van der Waals surface area contributed by atoms with Gasteiger partial charge in [-0.3, -0.25) is 4.79 Å². The molecule has 1 atom stereocenters. The number of ether oxygens (including phenoxy) is 1. The standard InChI is InChI=1S/C30H26F9NO4S/c1-18(2)26(41)40-15-14-27(17-40,45(42,43)22-12-10-21(31)11-13-22)19-6-8-20(9-7-19)28(29(34,35)36,30(37,38)39)44-16-23-24(32)4-3-5-25(23)33/h3-13,18H,14-17H2,1-2H3. The number of halogens is 9. The molecule has 1 saturated heterocycles. The molecule has 244 valence electrons. The number of benzene rings is 3. The number of carbonyl (C=O) groups excluding carboxylic acids is 1. The molecular formula is C30H26F9NO4S. The molecule has 0 saturated carbocycles. The zero-order valence-corrected chi connectivity index (χ0v) is 24.5. The quantitative estimate of drug-likeness (QED) is 0.188. The summed E-state index contributed by atoms with van der Waals surface area (Å²) < 4.78 is 159. The molecule has 3 aromatic carbocycles. The minimum Gasteiger partial charge on any atom is -0.349 e. The first-order valence-electron chi connectivity index (χ1n) is 13.4. The minimum absolute atomic E-state index is 0.106. The lowest BCUT2D eigenvalue weighted by Gasteiger charge is -2.38. The Morgan fingerprint density at radius 2 is 1.40 bits per heavy atom. The van der Waals surface area contributed by atoms with Gasteiger partial charge in [0.2, 0.25) is 5.91 Å². The number of hydrogen-bond donors (Lipinski definition) is 0. The van der Waals surface area contributed by atoms with Crippen molar-refractivity contribution in [1.29, 1.82) is 0 Å². The Bertz CT molecular complexity index is 1620. The first-order chi connectivity index (χ1) is 20.8. The fourth-order valence-corrected chi connectivity index (χ4v) is 7.46. The second-order valence-electron chi connectivity index (χ2n) is 10.9. The number of likely N-dealkylation sites (tertiary alicyclic amines) is 1. The molecule has 3 aromatic rings. The van der Waals surface area contributed by atoms with Crippen molar-refractivity contribution in [3.8, 4) is 0 Å². The van der Waals surface area contributed by atoms with Crippen LogP contribution in [0.5, 0.6) is 0 Å². The second-order valence-corrected chi connectivity index (χ2v) is 13.1. The lowest BCUT2D eigenvalue weighted by atomic mass is 9.88. The van der Waals surface area contributed by atoms with Crippen molar-refractivity contribution in [1.82, 2.24) is 4.90 Å². The molecule has 45 heavy (non-hydrogen) atoms. The number of hydrogen-bond acceptors (Lipinski definition) is 4. The smallest absolute Gasteiger partial charge is 0.349 e. The zero-order valence-electron chi connectivity index (χ0n) is 23.6. The van der Waals surface area contributed by atoms with Gasteiger partial charge in [-0.15, -0.1) is 0 Å². The van der Waals surface area contributed by atoms with Crippen LogP contribution >= 0.6 is 0 Å². The number of nitrogens with zero attached hydrogens (tertiary/aromatic N) is 1. The lowest BCUT2D eigenvalue weighted by molar-refractivity contribution is -0.392. The van der Waals surface area contributed by atoms with Gasteiger partial charge < -0.3 is 9.64 Å². The van der Waals surface area contributed by atoms with Crippen LogP contribution in [0.1, 0.15) is 37.0 Å². The Labute approximate surface area is 252 Å². The summed E-state index contributed by atoms with van der Waals surface area (Å²) in [7, 11) is -4.54. The fraction of sp³-hybridized carbons (Fsp3) is 0.367. The van der Waals surface area contributed by atoms with E-state index in [1.165, 1.54) is 4.90 Å². The van der Waals surface area contributed by atoms with Gasteiger partial charge in [-0.25, -0.2) is 21.6 Å². The molecule has 0 aromatic heterocycles. The van der Waals surface area contributed by atoms with E-state index >= 15 is 0 Å². The van der Waals surface area contributed by atoms with Gasteiger partial charge in [0.1, 0.15) is 22.2 Å². The van der Waals surface area contributed by atoms with E-state index in [9.17, 15) is 52.7 Å². The van der Waals surface area contributed by atoms with E-state index in [1.807, 2.05) is 0 Å². The first kappa shape index (κ1) is 34.3. The maximum atomic E-state index is 14.4. The minimum atomic E-state index is -6.21. The van der Waals surface area contributed by atoms with Crippen molar-refractivity contribution < 1.29 is 57.5 Å². The van der Waals surface area contributed by atoms with Gasteiger partial charge in [-0.05, 0) is 48.4 Å². The van der Waals surface area contributed by atoms with E-state index in [2.05, 4.69) is 4.74 Å². The molecule has 4 rings (SSSR count). The Morgan fingerprint density at radius 3 is 1.89 bits per heavy atom. The molecule has 0 N–H and O–H groups in total. The summed E-state index contributed by atoms with van der Waals surface area (Å²) in [5.41, 5.74) is -8.03. The monoisotopic (exact) mass is 667 g/mol. The molecule has 5 nitrogen and oxygen atoms in total. The number of sulfone groups is 1. The predicted octanol–water partition coefficient (Wildman–Crippen LogP) is 7.20. The van der Waals surface area contributed by atoms with E-state index in [1.54, 1.807) is 13.8 Å². The van der Waals surface area contributed by atoms with Gasteiger partial charge in [0.15, 0.2) is 9.84 Å². The molecule has 1 aliphatic rings. The number of amides is 1. The summed E-state index contributed by atoms with van der Waals surface area (Å²) in [4.78, 5) is 13.6. The fourth-order valence-electron chi connectivity index (χ4n) is 5.38. The predicted molar refractivity (Wildman–Crippen MR) is 143 cm³/mol. The SMILES string of the molecule is CC(C)C(=O)N1CCC(c2ccc(C(OCc3c(F)cccc3F)(C(F)(F)F)C(F)(F)F)cc2)(S(=O)(=O)c2ccc(F)cc2)C1. The Morgan fingerprint density at radius 1 is 0.867 bits per heavy atom. The highest BCUT2D eigenvalue weighted by Gasteiger charge is 2.73. The summed E-state index contributed by atoms with van der Waals surface area (Å²) in [6, 6.07) is 8.04. The van der Waals surface area contributed by atoms with Crippen molar-refractivity contribution in [2.45, 2.75) is 54.5 Å². The van der Waals surface area contributed by atoms with Crippen LogP contribution in [0.2, 0.25) is 0 Å². The molecule has 0 bridgehead atoms. The highest BCUT2D eigenvalue weighted by molar-refractivity contribution is 7.92. The summed E-state index contributed by atoms with van der Waals surface area (Å²) >= 11 is 0. The van der Waals surface area contributed by atoms with Gasteiger partial charge in [-0.2, -0.15) is 26.3 Å². The molecule has 15 heteroatoms. The molecule has 0 aliphatic carbocycles. The molecule has 1 fully saturated rings. The molecule has 1 amide bonds. The first-order valence-corrected chi connectivity index (χ1v) is 14.9.